The summed E-state index contributed by atoms with van der Waals surface area (Å²) in [6.45, 7) is 8.23. The van der Waals surface area contributed by atoms with Crippen LogP contribution < -0.4 is 5.32 Å². The van der Waals surface area contributed by atoms with E-state index in [1.165, 1.54) is 11.3 Å². The highest BCUT2D eigenvalue weighted by atomic mass is 16.5. The molecule has 0 saturated carbocycles. The van der Waals surface area contributed by atoms with E-state index in [1.807, 2.05) is 25.6 Å². The Hall–Kier alpha value is -0.870. The van der Waals surface area contributed by atoms with Crippen molar-refractivity contribution in [2.75, 3.05) is 13.7 Å². The van der Waals surface area contributed by atoms with Gasteiger partial charge in [-0.05, 0) is 27.8 Å². The van der Waals surface area contributed by atoms with Gasteiger partial charge in [0.25, 0.3) is 0 Å². The number of aryl methyl sites for hydroxylation is 1. The largest absolute Gasteiger partial charge is 0.360 e. The fourth-order valence-electron chi connectivity index (χ4n) is 1.47. The van der Waals surface area contributed by atoms with Gasteiger partial charge in [0.05, 0.1) is 5.69 Å². The number of nitrogens with one attached hydrogen (secondary N) is 1. The average Bonchev–Trinajstić information content (AvgIpc) is 2.43. The fraction of sp³-hybridized carbons (Fsp3) is 0.700. The summed E-state index contributed by atoms with van der Waals surface area (Å²) in [5, 5.41) is 7.56. The molecule has 0 aliphatic heterocycles. The molecule has 0 aliphatic rings. The first-order chi connectivity index (χ1) is 6.70. The highest BCUT2D eigenvalue weighted by molar-refractivity contribution is 5.24. The minimum absolute atomic E-state index is 0.548. The summed E-state index contributed by atoms with van der Waals surface area (Å²) >= 11 is 0. The predicted octanol–water partition coefficient (Wildman–Crippen LogP) is 1.21. The number of hydrogen-bond donors (Lipinski definition) is 1. The number of hydrogen-bond acceptors (Lipinski definition) is 3. The van der Waals surface area contributed by atoms with Crippen molar-refractivity contribution in [1.82, 2.24) is 15.1 Å². The molecule has 0 aliphatic carbocycles. The summed E-state index contributed by atoms with van der Waals surface area (Å²) < 4.78 is 7.24. The lowest BCUT2D eigenvalue weighted by molar-refractivity contribution is 0.0774. The molecule has 4 nitrogen and oxygen atoms in total. The normalized spacial score (nSPS) is 10.9. The number of nitrogens with zero attached hydrogens (tertiary/aromatic N) is 2. The quantitative estimate of drug-likeness (QED) is 0.771. The summed E-state index contributed by atoms with van der Waals surface area (Å²) in [6, 6.07) is 0. The van der Waals surface area contributed by atoms with E-state index in [4.69, 9.17) is 4.74 Å². The van der Waals surface area contributed by atoms with Crippen molar-refractivity contribution < 1.29 is 4.74 Å². The molecular weight excluding hydrogens is 178 g/mol. The first-order valence-corrected chi connectivity index (χ1v) is 4.96. The zero-order valence-electron chi connectivity index (χ0n) is 9.42. The van der Waals surface area contributed by atoms with E-state index in [1.54, 1.807) is 0 Å². The molecule has 0 amide bonds. The molecule has 0 bridgehead atoms. The molecule has 0 unspecified atom stereocenters. The summed E-state index contributed by atoms with van der Waals surface area (Å²) in [4.78, 5) is 0. The van der Waals surface area contributed by atoms with Crippen LogP contribution >= 0.6 is 0 Å². The molecule has 0 atom stereocenters. The summed E-state index contributed by atoms with van der Waals surface area (Å²) in [6.07, 6.45) is 0. The topological polar surface area (TPSA) is 39.1 Å². The summed E-state index contributed by atoms with van der Waals surface area (Å²) in [5.41, 5.74) is 3.54. The van der Waals surface area contributed by atoms with Gasteiger partial charge in [-0.25, -0.2) is 4.68 Å². The van der Waals surface area contributed by atoms with E-state index in [0.29, 0.717) is 6.73 Å². The lowest BCUT2D eigenvalue weighted by Gasteiger charge is -2.04. The molecule has 0 spiro atoms. The SMILES string of the molecule is CCOCn1nc(C)c(CNC)c1C. The molecule has 1 aromatic heterocycles. The Balaban J connectivity index is 2.81. The minimum Gasteiger partial charge on any atom is -0.360 e. The van der Waals surface area contributed by atoms with Gasteiger partial charge in [0.2, 0.25) is 0 Å². The average molecular weight is 197 g/mol. The van der Waals surface area contributed by atoms with Crippen LogP contribution in [0.1, 0.15) is 23.9 Å². The van der Waals surface area contributed by atoms with Gasteiger partial charge in [-0.1, -0.05) is 0 Å². The maximum absolute atomic E-state index is 5.33. The van der Waals surface area contributed by atoms with Gasteiger partial charge in [-0.3, -0.25) is 0 Å². The van der Waals surface area contributed by atoms with Gasteiger partial charge in [0, 0.05) is 24.4 Å². The first kappa shape index (κ1) is 11.2. The first-order valence-electron chi connectivity index (χ1n) is 4.96. The van der Waals surface area contributed by atoms with Crippen molar-refractivity contribution in [2.24, 2.45) is 0 Å². The highest BCUT2D eigenvalue weighted by Crippen LogP contribution is 2.12. The second kappa shape index (κ2) is 5.12. The molecule has 1 aromatic rings. The molecule has 1 N–H and O–H groups in total. The second-order valence-corrected chi connectivity index (χ2v) is 3.30. The van der Waals surface area contributed by atoms with E-state index >= 15 is 0 Å². The van der Waals surface area contributed by atoms with Gasteiger partial charge in [-0.2, -0.15) is 5.10 Å². The fourth-order valence-corrected chi connectivity index (χ4v) is 1.47. The monoisotopic (exact) mass is 197 g/mol. The van der Waals surface area contributed by atoms with Gasteiger partial charge >= 0.3 is 0 Å². The Morgan fingerprint density at radius 2 is 2.14 bits per heavy atom. The molecule has 1 heterocycles. The maximum atomic E-state index is 5.33. The Kier molecular flexibility index (Phi) is 4.10. The molecule has 0 aromatic carbocycles. The van der Waals surface area contributed by atoms with Crippen LogP contribution in [0.15, 0.2) is 0 Å². The van der Waals surface area contributed by atoms with E-state index in [9.17, 15) is 0 Å². The smallest absolute Gasteiger partial charge is 0.139 e. The minimum atomic E-state index is 0.548. The molecule has 0 saturated heterocycles. The summed E-state index contributed by atoms with van der Waals surface area (Å²) in [5.74, 6) is 0. The van der Waals surface area contributed by atoms with Crippen molar-refractivity contribution in [3.63, 3.8) is 0 Å². The van der Waals surface area contributed by atoms with E-state index in [2.05, 4.69) is 17.3 Å². The van der Waals surface area contributed by atoms with Crippen LogP contribution in [0, 0.1) is 13.8 Å². The third-order valence-electron chi connectivity index (χ3n) is 2.30. The zero-order valence-corrected chi connectivity index (χ0v) is 9.42. The number of rotatable bonds is 5. The second-order valence-electron chi connectivity index (χ2n) is 3.30. The molecule has 80 valence electrons. The highest BCUT2D eigenvalue weighted by Gasteiger charge is 2.09. The van der Waals surface area contributed by atoms with Crippen molar-refractivity contribution in [3.8, 4) is 0 Å². The lowest BCUT2D eigenvalue weighted by Crippen LogP contribution is -2.09. The summed E-state index contributed by atoms with van der Waals surface area (Å²) in [7, 11) is 1.94. The third kappa shape index (κ3) is 2.33. The van der Waals surface area contributed by atoms with Crippen LogP contribution in [-0.2, 0) is 18.0 Å². The van der Waals surface area contributed by atoms with Gasteiger partial charge in [0.15, 0.2) is 0 Å². The van der Waals surface area contributed by atoms with Crippen LogP contribution in [0.2, 0.25) is 0 Å². The predicted molar refractivity (Wildman–Crippen MR) is 56.1 cm³/mol. The zero-order chi connectivity index (χ0) is 10.6. The van der Waals surface area contributed by atoms with Crippen LogP contribution in [0.3, 0.4) is 0 Å². The van der Waals surface area contributed by atoms with Gasteiger partial charge in [0.1, 0.15) is 6.73 Å². The van der Waals surface area contributed by atoms with E-state index in [0.717, 1.165) is 18.8 Å². The molecule has 0 radical (unpaired) electrons. The van der Waals surface area contributed by atoms with E-state index < -0.39 is 0 Å². The van der Waals surface area contributed by atoms with Crippen molar-refractivity contribution in [1.29, 1.82) is 0 Å². The van der Waals surface area contributed by atoms with Crippen molar-refractivity contribution in [2.45, 2.75) is 34.0 Å². The standard InChI is InChI=1S/C10H19N3O/c1-5-14-7-13-9(3)10(6-11-4)8(2)12-13/h11H,5-7H2,1-4H3. The third-order valence-corrected chi connectivity index (χ3v) is 2.30. The maximum Gasteiger partial charge on any atom is 0.139 e. The molecular formula is C10H19N3O. The lowest BCUT2D eigenvalue weighted by atomic mass is 10.2. The Morgan fingerprint density at radius 3 is 2.71 bits per heavy atom. The Bertz CT molecular complexity index is 294. The van der Waals surface area contributed by atoms with Crippen LogP contribution in [-0.4, -0.2) is 23.4 Å². The van der Waals surface area contributed by atoms with Crippen LogP contribution in [0.5, 0.6) is 0 Å². The van der Waals surface area contributed by atoms with Crippen molar-refractivity contribution in [3.05, 3.63) is 17.0 Å². The molecule has 0 fully saturated rings. The molecule has 4 heteroatoms. The molecule has 14 heavy (non-hydrogen) atoms. The van der Waals surface area contributed by atoms with Crippen LogP contribution in [0.25, 0.3) is 0 Å². The van der Waals surface area contributed by atoms with Gasteiger partial charge in [-0.15, -0.1) is 0 Å². The van der Waals surface area contributed by atoms with E-state index in [-0.39, 0.29) is 0 Å². The Morgan fingerprint density at radius 1 is 1.43 bits per heavy atom. The molecule has 1 rings (SSSR count). The van der Waals surface area contributed by atoms with Gasteiger partial charge < -0.3 is 10.1 Å². The van der Waals surface area contributed by atoms with Crippen LogP contribution in [0.4, 0.5) is 0 Å². The van der Waals surface area contributed by atoms with Crippen molar-refractivity contribution >= 4 is 0 Å². The number of aromatic nitrogens is 2. The number of ether oxygens (including phenoxy) is 1. The Labute approximate surface area is 85.3 Å².